The number of aliphatic imine (C=N–C) groups is 1. The number of hydrogen-bond donors (Lipinski definition) is 2. The highest BCUT2D eigenvalue weighted by molar-refractivity contribution is 7.89. The Morgan fingerprint density at radius 2 is 1.89 bits per heavy atom. The second-order valence-electron chi connectivity index (χ2n) is 7.79. The number of guanidine groups is 1. The largest absolute Gasteiger partial charge is 0.357 e. The molecule has 1 aliphatic heterocycles. The van der Waals surface area contributed by atoms with Crippen LogP contribution >= 0.6 is 0 Å². The Kier molecular flexibility index (Phi) is 9.32. The van der Waals surface area contributed by atoms with Crippen LogP contribution in [0.5, 0.6) is 0 Å². The molecule has 2 aliphatic rings. The molecular weight excluding hydrogens is 362 g/mol. The third kappa shape index (κ3) is 7.58. The fourth-order valence-corrected chi connectivity index (χ4v) is 4.70. The second-order valence-corrected chi connectivity index (χ2v) is 9.71. The Morgan fingerprint density at radius 3 is 2.48 bits per heavy atom. The lowest BCUT2D eigenvalue weighted by Gasteiger charge is -2.25. The Hall–Kier alpha value is -0.860. The topological polar surface area (TPSA) is 77.0 Å². The number of hydrogen-bond acceptors (Lipinski definition) is 4. The van der Waals surface area contributed by atoms with Crippen molar-refractivity contribution in [2.75, 3.05) is 58.1 Å². The molecule has 158 valence electrons. The monoisotopic (exact) mass is 401 g/mol. The van der Waals surface area contributed by atoms with Gasteiger partial charge in [0.05, 0.1) is 12.3 Å². The van der Waals surface area contributed by atoms with Crippen molar-refractivity contribution in [3.05, 3.63) is 0 Å². The first kappa shape index (κ1) is 22.4. The van der Waals surface area contributed by atoms with E-state index in [0.717, 1.165) is 58.1 Å². The summed E-state index contributed by atoms with van der Waals surface area (Å²) < 4.78 is 27.1. The van der Waals surface area contributed by atoms with E-state index in [0.29, 0.717) is 24.9 Å². The summed E-state index contributed by atoms with van der Waals surface area (Å²) in [7, 11) is -3.23. The normalized spacial score (nSPS) is 21.7. The van der Waals surface area contributed by atoms with Crippen LogP contribution in [0.1, 0.15) is 46.5 Å². The molecule has 27 heavy (non-hydrogen) atoms. The van der Waals surface area contributed by atoms with Crippen LogP contribution < -0.4 is 10.0 Å². The molecule has 1 saturated carbocycles. The SMILES string of the molecule is CCNC(=NCCS(=O)(=O)NCC1CCC1)N1CCC(CN(CC)CC)C1. The van der Waals surface area contributed by atoms with Gasteiger partial charge in [0.2, 0.25) is 10.0 Å². The van der Waals surface area contributed by atoms with E-state index in [1.165, 1.54) is 12.8 Å². The first-order chi connectivity index (χ1) is 13.0. The summed E-state index contributed by atoms with van der Waals surface area (Å²) in [6, 6.07) is 0. The smallest absolute Gasteiger partial charge is 0.213 e. The molecule has 0 amide bonds. The van der Waals surface area contributed by atoms with Crippen LogP contribution in [0.2, 0.25) is 0 Å². The number of rotatable bonds is 11. The molecule has 1 saturated heterocycles. The lowest BCUT2D eigenvalue weighted by Crippen LogP contribution is -2.41. The third-order valence-electron chi connectivity index (χ3n) is 5.77. The van der Waals surface area contributed by atoms with E-state index in [2.05, 4.69) is 45.6 Å². The second kappa shape index (κ2) is 11.2. The number of likely N-dealkylation sites (tertiary alicyclic amines) is 1. The predicted octanol–water partition coefficient (Wildman–Crippen LogP) is 1.34. The number of nitrogens with one attached hydrogen (secondary N) is 2. The molecule has 0 radical (unpaired) electrons. The van der Waals surface area contributed by atoms with E-state index in [4.69, 9.17) is 0 Å². The van der Waals surface area contributed by atoms with Crippen molar-refractivity contribution in [1.29, 1.82) is 0 Å². The van der Waals surface area contributed by atoms with Gasteiger partial charge in [-0.15, -0.1) is 0 Å². The van der Waals surface area contributed by atoms with Gasteiger partial charge in [-0.3, -0.25) is 4.99 Å². The molecular formula is C19H39N5O2S. The molecule has 0 aromatic rings. The van der Waals surface area contributed by atoms with E-state index in [9.17, 15) is 8.42 Å². The molecule has 1 heterocycles. The van der Waals surface area contributed by atoms with Crippen LogP contribution in [0, 0.1) is 11.8 Å². The maximum atomic E-state index is 12.2. The van der Waals surface area contributed by atoms with Gasteiger partial charge in [0.15, 0.2) is 5.96 Å². The van der Waals surface area contributed by atoms with Crippen molar-refractivity contribution in [3.63, 3.8) is 0 Å². The van der Waals surface area contributed by atoms with Crippen molar-refractivity contribution in [2.24, 2.45) is 16.8 Å². The zero-order valence-electron chi connectivity index (χ0n) is 17.4. The van der Waals surface area contributed by atoms with Crippen molar-refractivity contribution in [2.45, 2.75) is 46.5 Å². The van der Waals surface area contributed by atoms with Crippen molar-refractivity contribution in [1.82, 2.24) is 19.8 Å². The Labute approximate surface area is 166 Å². The molecule has 1 unspecified atom stereocenters. The van der Waals surface area contributed by atoms with Crippen LogP contribution in [-0.4, -0.2) is 82.3 Å². The standard InChI is InChI=1S/C19H39N5O2S/c1-4-20-19(24-12-10-18(16-24)15-23(5-2)6-3)21-11-13-27(25,26)22-14-17-8-7-9-17/h17-18,22H,4-16H2,1-3H3,(H,20,21). The van der Waals surface area contributed by atoms with E-state index in [1.54, 1.807) is 0 Å². The average molecular weight is 402 g/mol. The molecule has 0 aromatic heterocycles. The quantitative estimate of drug-likeness (QED) is 0.403. The van der Waals surface area contributed by atoms with Crippen molar-refractivity contribution < 1.29 is 8.42 Å². The summed E-state index contributed by atoms with van der Waals surface area (Å²) in [6.07, 6.45) is 4.69. The number of nitrogens with zero attached hydrogens (tertiary/aromatic N) is 3. The summed E-state index contributed by atoms with van der Waals surface area (Å²) in [6.45, 7) is 13.5. The summed E-state index contributed by atoms with van der Waals surface area (Å²) in [4.78, 5) is 9.35. The molecule has 2 rings (SSSR count). The highest BCUT2D eigenvalue weighted by Crippen LogP contribution is 2.25. The third-order valence-corrected chi connectivity index (χ3v) is 7.10. The van der Waals surface area contributed by atoms with Crippen LogP contribution in [0.15, 0.2) is 4.99 Å². The molecule has 2 N–H and O–H groups in total. The molecule has 0 aromatic carbocycles. The van der Waals surface area contributed by atoms with Crippen LogP contribution in [0.3, 0.4) is 0 Å². The fourth-order valence-electron chi connectivity index (χ4n) is 3.73. The average Bonchev–Trinajstić information content (AvgIpc) is 3.05. The first-order valence-corrected chi connectivity index (χ1v) is 12.4. The Balaban J connectivity index is 1.81. The molecule has 8 heteroatoms. The van der Waals surface area contributed by atoms with Gasteiger partial charge < -0.3 is 15.1 Å². The summed E-state index contributed by atoms with van der Waals surface area (Å²) in [5.74, 6) is 2.11. The van der Waals surface area contributed by atoms with Crippen molar-refractivity contribution >= 4 is 16.0 Å². The van der Waals surface area contributed by atoms with Gasteiger partial charge in [-0.05, 0) is 51.1 Å². The van der Waals surface area contributed by atoms with Gasteiger partial charge >= 0.3 is 0 Å². The van der Waals surface area contributed by atoms with Crippen molar-refractivity contribution in [3.8, 4) is 0 Å². The minimum Gasteiger partial charge on any atom is -0.357 e. The Morgan fingerprint density at radius 1 is 1.15 bits per heavy atom. The lowest BCUT2D eigenvalue weighted by molar-refractivity contribution is 0.255. The van der Waals surface area contributed by atoms with Gasteiger partial charge in [-0.25, -0.2) is 13.1 Å². The molecule has 0 spiro atoms. The lowest BCUT2D eigenvalue weighted by atomic mass is 9.86. The molecule has 1 aliphatic carbocycles. The predicted molar refractivity (Wildman–Crippen MR) is 113 cm³/mol. The van der Waals surface area contributed by atoms with Gasteiger partial charge in [0.25, 0.3) is 0 Å². The molecule has 1 atom stereocenters. The van der Waals surface area contributed by atoms with Gasteiger partial charge in [-0.1, -0.05) is 20.3 Å². The number of sulfonamides is 1. The van der Waals surface area contributed by atoms with E-state index in [-0.39, 0.29) is 5.75 Å². The molecule has 7 nitrogen and oxygen atoms in total. The van der Waals surface area contributed by atoms with Gasteiger partial charge in [0.1, 0.15) is 0 Å². The highest BCUT2D eigenvalue weighted by Gasteiger charge is 2.26. The molecule has 2 fully saturated rings. The van der Waals surface area contributed by atoms with Crippen LogP contribution in [0.25, 0.3) is 0 Å². The summed E-state index contributed by atoms with van der Waals surface area (Å²) in [5, 5.41) is 3.33. The maximum absolute atomic E-state index is 12.2. The maximum Gasteiger partial charge on any atom is 0.213 e. The summed E-state index contributed by atoms with van der Waals surface area (Å²) in [5.41, 5.74) is 0. The van der Waals surface area contributed by atoms with Gasteiger partial charge in [-0.2, -0.15) is 0 Å². The van der Waals surface area contributed by atoms with Gasteiger partial charge in [0, 0.05) is 32.7 Å². The zero-order valence-corrected chi connectivity index (χ0v) is 18.2. The summed E-state index contributed by atoms with van der Waals surface area (Å²) >= 11 is 0. The Bertz CT molecular complexity index is 558. The first-order valence-electron chi connectivity index (χ1n) is 10.7. The van der Waals surface area contributed by atoms with E-state index >= 15 is 0 Å². The van der Waals surface area contributed by atoms with Crippen LogP contribution in [-0.2, 0) is 10.0 Å². The highest BCUT2D eigenvalue weighted by atomic mass is 32.2. The minimum absolute atomic E-state index is 0.0608. The van der Waals surface area contributed by atoms with E-state index in [1.807, 2.05) is 0 Å². The zero-order chi connectivity index (χ0) is 19.7. The van der Waals surface area contributed by atoms with Crippen LogP contribution in [0.4, 0.5) is 0 Å². The molecule has 0 bridgehead atoms. The van der Waals surface area contributed by atoms with E-state index < -0.39 is 10.0 Å². The minimum atomic E-state index is -3.23. The fraction of sp³-hybridized carbons (Fsp3) is 0.947.